The summed E-state index contributed by atoms with van der Waals surface area (Å²) in [4.78, 5) is 37.0. The molecule has 1 aliphatic carbocycles. The standard InChI is InChI=1S/C25H40N4O2/c1-5-17(6-2)24(30)28-22-11-9-10-21-20(22)16-26-23(27-21)19-12-14-29(15-13-19)25(31)18(7-3)8-4/h16-19,22H,5-15H2,1-4H3,(H,28,30)/t22-/m0/s1. The number of nitrogens with zero attached hydrogens (tertiary/aromatic N) is 3. The molecule has 3 rings (SSSR count). The number of carbonyl (C=O) groups is 2. The number of amides is 2. The van der Waals surface area contributed by atoms with Crippen LogP contribution in [0.25, 0.3) is 0 Å². The van der Waals surface area contributed by atoms with Crippen molar-refractivity contribution in [3.8, 4) is 0 Å². The first kappa shape index (κ1) is 23.7. The zero-order valence-electron chi connectivity index (χ0n) is 19.8. The average molecular weight is 429 g/mol. The minimum atomic E-state index is 0.0328. The molecule has 2 amide bonds. The van der Waals surface area contributed by atoms with Crippen LogP contribution in [0.4, 0.5) is 0 Å². The zero-order valence-corrected chi connectivity index (χ0v) is 19.8. The van der Waals surface area contributed by atoms with Crippen LogP contribution in [0.1, 0.15) is 108 Å². The van der Waals surface area contributed by atoms with Gasteiger partial charge in [-0.1, -0.05) is 27.7 Å². The van der Waals surface area contributed by atoms with Gasteiger partial charge in [0.25, 0.3) is 0 Å². The van der Waals surface area contributed by atoms with Gasteiger partial charge in [0.1, 0.15) is 5.82 Å². The molecule has 1 aromatic heterocycles. The van der Waals surface area contributed by atoms with E-state index in [1.807, 2.05) is 11.1 Å². The molecule has 0 spiro atoms. The van der Waals surface area contributed by atoms with Gasteiger partial charge >= 0.3 is 0 Å². The van der Waals surface area contributed by atoms with Crippen LogP contribution < -0.4 is 5.32 Å². The lowest BCUT2D eigenvalue weighted by Gasteiger charge is -2.34. The summed E-state index contributed by atoms with van der Waals surface area (Å²) in [6, 6.07) is 0.0328. The van der Waals surface area contributed by atoms with Crippen molar-refractivity contribution in [2.45, 2.75) is 97.4 Å². The van der Waals surface area contributed by atoms with Gasteiger partial charge in [0.15, 0.2) is 0 Å². The third kappa shape index (κ3) is 5.45. The maximum atomic E-state index is 12.7. The number of fused-ring (bicyclic) bond motifs is 1. The molecule has 1 atom stereocenters. The first-order valence-corrected chi connectivity index (χ1v) is 12.5. The van der Waals surface area contributed by atoms with E-state index in [2.05, 4.69) is 33.0 Å². The quantitative estimate of drug-likeness (QED) is 0.659. The Balaban J connectivity index is 1.64. The Kier molecular flexibility index (Phi) is 8.44. The fourth-order valence-corrected chi connectivity index (χ4v) is 5.11. The van der Waals surface area contributed by atoms with Crippen molar-refractivity contribution in [3.63, 3.8) is 0 Å². The van der Waals surface area contributed by atoms with Gasteiger partial charge in [-0.3, -0.25) is 9.59 Å². The summed E-state index contributed by atoms with van der Waals surface area (Å²) in [5.41, 5.74) is 2.19. The highest BCUT2D eigenvalue weighted by molar-refractivity contribution is 5.79. The molecule has 1 N–H and O–H groups in total. The summed E-state index contributed by atoms with van der Waals surface area (Å²) in [5, 5.41) is 3.25. The molecule has 6 heteroatoms. The van der Waals surface area contributed by atoms with Crippen LogP contribution in [0.3, 0.4) is 0 Å². The third-order valence-corrected chi connectivity index (χ3v) is 7.38. The van der Waals surface area contributed by atoms with Gasteiger partial charge in [-0.2, -0.15) is 0 Å². The Bertz CT molecular complexity index is 750. The van der Waals surface area contributed by atoms with Gasteiger partial charge in [0, 0.05) is 48.3 Å². The average Bonchev–Trinajstić information content (AvgIpc) is 2.80. The molecule has 1 aliphatic heterocycles. The van der Waals surface area contributed by atoms with Gasteiger partial charge in [0.2, 0.25) is 11.8 Å². The van der Waals surface area contributed by atoms with Crippen molar-refractivity contribution in [1.29, 1.82) is 0 Å². The second kappa shape index (κ2) is 11.1. The van der Waals surface area contributed by atoms with Crippen LogP contribution in [0.2, 0.25) is 0 Å². The number of carbonyl (C=O) groups excluding carboxylic acids is 2. The Labute approximate surface area is 187 Å². The van der Waals surface area contributed by atoms with Gasteiger partial charge in [-0.15, -0.1) is 0 Å². The highest BCUT2D eigenvalue weighted by Gasteiger charge is 2.30. The third-order valence-electron chi connectivity index (χ3n) is 7.38. The number of aryl methyl sites for hydroxylation is 1. The number of piperidine rings is 1. The van der Waals surface area contributed by atoms with Crippen LogP contribution in [-0.2, 0) is 16.0 Å². The predicted octanol–water partition coefficient (Wildman–Crippen LogP) is 4.55. The van der Waals surface area contributed by atoms with Crippen molar-refractivity contribution in [2.24, 2.45) is 11.8 Å². The van der Waals surface area contributed by atoms with Crippen LogP contribution in [0.5, 0.6) is 0 Å². The van der Waals surface area contributed by atoms with Gasteiger partial charge in [0.05, 0.1) is 6.04 Å². The normalized spacial score (nSPS) is 19.5. The Morgan fingerprint density at radius 2 is 1.68 bits per heavy atom. The Morgan fingerprint density at radius 3 is 2.29 bits per heavy atom. The molecule has 0 bridgehead atoms. The van der Waals surface area contributed by atoms with Crippen LogP contribution in [-0.4, -0.2) is 39.8 Å². The molecule has 6 nitrogen and oxygen atoms in total. The van der Waals surface area contributed by atoms with Crippen molar-refractivity contribution in [3.05, 3.63) is 23.3 Å². The van der Waals surface area contributed by atoms with Gasteiger partial charge in [-0.05, 0) is 57.8 Å². The number of aromatic nitrogens is 2. The van der Waals surface area contributed by atoms with E-state index >= 15 is 0 Å². The molecule has 0 unspecified atom stereocenters. The molecule has 2 heterocycles. The molecule has 0 saturated carbocycles. The SMILES string of the molecule is CCC(CC)C(=O)N[C@H]1CCCc2nc(C3CCN(C(=O)C(CC)CC)CC3)ncc21. The summed E-state index contributed by atoms with van der Waals surface area (Å²) in [7, 11) is 0. The largest absolute Gasteiger partial charge is 0.349 e. The van der Waals surface area contributed by atoms with E-state index < -0.39 is 0 Å². The van der Waals surface area contributed by atoms with E-state index in [9.17, 15) is 9.59 Å². The van der Waals surface area contributed by atoms with E-state index in [1.165, 1.54) is 0 Å². The first-order chi connectivity index (χ1) is 15.0. The van der Waals surface area contributed by atoms with E-state index in [-0.39, 0.29) is 23.8 Å². The van der Waals surface area contributed by atoms with E-state index in [0.29, 0.717) is 11.8 Å². The summed E-state index contributed by atoms with van der Waals surface area (Å²) >= 11 is 0. The number of likely N-dealkylation sites (tertiary alicyclic amines) is 1. The molecule has 2 aliphatic rings. The van der Waals surface area contributed by atoms with Gasteiger partial charge in [-0.25, -0.2) is 9.97 Å². The summed E-state index contributed by atoms with van der Waals surface area (Å²) in [5.74, 6) is 1.94. The maximum absolute atomic E-state index is 12.7. The Morgan fingerprint density at radius 1 is 1.03 bits per heavy atom. The topological polar surface area (TPSA) is 75.2 Å². The highest BCUT2D eigenvalue weighted by atomic mass is 16.2. The minimum absolute atomic E-state index is 0.0328. The molecule has 1 saturated heterocycles. The molecular formula is C25H40N4O2. The predicted molar refractivity (Wildman–Crippen MR) is 123 cm³/mol. The second-order valence-corrected chi connectivity index (χ2v) is 9.21. The lowest BCUT2D eigenvalue weighted by atomic mass is 9.90. The molecular weight excluding hydrogens is 388 g/mol. The van der Waals surface area contributed by atoms with Crippen molar-refractivity contribution in [1.82, 2.24) is 20.2 Å². The first-order valence-electron chi connectivity index (χ1n) is 12.5. The molecule has 31 heavy (non-hydrogen) atoms. The lowest BCUT2D eigenvalue weighted by Crippen LogP contribution is -2.41. The number of nitrogens with one attached hydrogen (secondary N) is 1. The monoisotopic (exact) mass is 428 g/mol. The molecule has 172 valence electrons. The van der Waals surface area contributed by atoms with Crippen molar-refractivity contribution in [2.75, 3.05) is 13.1 Å². The van der Waals surface area contributed by atoms with Crippen molar-refractivity contribution >= 4 is 11.8 Å². The van der Waals surface area contributed by atoms with Crippen LogP contribution in [0.15, 0.2) is 6.20 Å². The summed E-state index contributed by atoms with van der Waals surface area (Å²) < 4.78 is 0. The minimum Gasteiger partial charge on any atom is -0.349 e. The highest BCUT2D eigenvalue weighted by Crippen LogP contribution is 2.32. The van der Waals surface area contributed by atoms with E-state index in [0.717, 1.165) is 88.0 Å². The lowest BCUT2D eigenvalue weighted by molar-refractivity contribution is -0.136. The van der Waals surface area contributed by atoms with E-state index in [1.54, 1.807) is 0 Å². The Hall–Kier alpha value is -1.98. The van der Waals surface area contributed by atoms with E-state index in [4.69, 9.17) is 9.97 Å². The smallest absolute Gasteiger partial charge is 0.225 e. The summed E-state index contributed by atoms with van der Waals surface area (Å²) in [6.07, 6.45) is 10.3. The maximum Gasteiger partial charge on any atom is 0.225 e. The van der Waals surface area contributed by atoms with Gasteiger partial charge < -0.3 is 10.2 Å². The summed E-state index contributed by atoms with van der Waals surface area (Å²) in [6.45, 7) is 9.94. The molecule has 0 radical (unpaired) electrons. The molecule has 1 fully saturated rings. The fourth-order valence-electron chi connectivity index (χ4n) is 5.11. The number of hydrogen-bond donors (Lipinski definition) is 1. The number of hydrogen-bond acceptors (Lipinski definition) is 4. The fraction of sp³-hybridized carbons (Fsp3) is 0.760. The number of rotatable bonds is 8. The molecule has 0 aromatic carbocycles. The van der Waals surface area contributed by atoms with Crippen LogP contribution in [0, 0.1) is 11.8 Å². The zero-order chi connectivity index (χ0) is 22.4. The van der Waals surface area contributed by atoms with Crippen LogP contribution >= 0.6 is 0 Å². The second-order valence-electron chi connectivity index (χ2n) is 9.21. The van der Waals surface area contributed by atoms with Crippen molar-refractivity contribution < 1.29 is 9.59 Å². The molecule has 1 aromatic rings.